The molecule has 1 fully saturated rings. The van der Waals surface area contributed by atoms with Gasteiger partial charge in [0.1, 0.15) is 11.6 Å². The highest BCUT2D eigenvalue weighted by molar-refractivity contribution is 5.87. The van der Waals surface area contributed by atoms with E-state index in [4.69, 9.17) is 5.73 Å². The summed E-state index contributed by atoms with van der Waals surface area (Å²) in [6.45, 7) is 8.47. The minimum Gasteiger partial charge on any atom is -0.383 e. The SMILES string of the molecule is Cc1cc(N2CCN(Cc3nc(N)c4ccccc4n3)CC2)nnc1C. The van der Waals surface area contributed by atoms with Crippen LogP contribution in [0.25, 0.3) is 10.9 Å². The molecule has 0 amide bonds. The van der Waals surface area contributed by atoms with Gasteiger partial charge < -0.3 is 10.6 Å². The van der Waals surface area contributed by atoms with Gasteiger partial charge >= 0.3 is 0 Å². The zero-order valence-electron chi connectivity index (χ0n) is 15.2. The van der Waals surface area contributed by atoms with E-state index in [9.17, 15) is 0 Å². The number of aromatic nitrogens is 4. The maximum atomic E-state index is 6.09. The normalized spacial score (nSPS) is 15.5. The number of nitrogens with zero attached hydrogens (tertiary/aromatic N) is 6. The van der Waals surface area contributed by atoms with Crippen molar-refractivity contribution < 1.29 is 0 Å². The zero-order chi connectivity index (χ0) is 18.1. The molecule has 26 heavy (non-hydrogen) atoms. The van der Waals surface area contributed by atoms with Gasteiger partial charge in [0.15, 0.2) is 5.82 Å². The second kappa shape index (κ2) is 6.84. The second-order valence-corrected chi connectivity index (χ2v) is 6.78. The first-order valence-electron chi connectivity index (χ1n) is 8.89. The van der Waals surface area contributed by atoms with Gasteiger partial charge in [-0.15, -0.1) is 5.10 Å². The van der Waals surface area contributed by atoms with Crippen LogP contribution >= 0.6 is 0 Å². The van der Waals surface area contributed by atoms with Gasteiger partial charge in [-0.05, 0) is 37.6 Å². The van der Waals surface area contributed by atoms with Gasteiger partial charge in [0, 0.05) is 31.6 Å². The first-order valence-corrected chi connectivity index (χ1v) is 8.89. The number of benzene rings is 1. The van der Waals surface area contributed by atoms with Crippen LogP contribution in [0.3, 0.4) is 0 Å². The number of fused-ring (bicyclic) bond motifs is 1. The van der Waals surface area contributed by atoms with Gasteiger partial charge in [0.05, 0.1) is 17.8 Å². The molecular weight excluding hydrogens is 326 g/mol. The molecule has 0 radical (unpaired) electrons. The van der Waals surface area contributed by atoms with Crippen LogP contribution in [0.5, 0.6) is 0 Å². The molecule has 1 aromatic carbocycles. The maximum absolute atomic E-state index is 6.09. The van der Waals surface area contributed by atoms with E-state index in [1.807, 2.05) is 31.2 Å². The Kier molecular flexibility index (Phi) is 4.38. The van der Waals surface area contributed by atoms with E-state index in [1.54, 1.807) is 0 Å². The highest BCUT2D eigenvalue weighted by Gasteiger charge is 2.20. The standard InChI is InChI=1S/C19H23N7/c1-13-11-18(24-23-14(13)2)26-9-7-25(8-10-26)12-17-21-16-6-4-3-5-15(16)19(20)22-17/h3-6,11H,7-10,12H2,1-2H3,(H2,20,21,22). The van der Waals surface area contributed by atoms with Crippen molar-refractivity contribution >= 4 is 22.5 Å². The highest BCUT2D eigenvalue weighted by atomic mass is 15.3. The predicted octanol–water partition coefficient (Wildman–Crippen LogP) is 1.94. The van der Waals surface area contributed by atoms with Crippen LogP contribution in [0.15, 0.2) is 30.3 Å². The first-order chi connectivity index (χ1) is 12.6. The lowest BCUT2D eigenvalue weighted by Gasteiger charge is -2.34. The van der Waals surface area contributed by atoms with Crippen LogP contribution in [0.4, 0.5) is 11.6 Å². The molecule has 3 aromatic rings. The summed E-state index contributed by atoms with van der Waals surface area (Å²) in [5.41, 5.74) is 9.16. The average Bonchev–Trinajstić information content (AvgIpc) is 2.65. The molecule has 2 N–H and O–H groups in total. The summed E-state index contributed by atoms with van der Waals surface area (Å²) in [5, 5.41) is 9.49. The van der Waals surface area contributed by atoms with Crippen molar-refractivity contribution in [3.63, 3.8) is 0 Å². The van der Waals surface area contributed by atoms with Crippen molar-refractivity contribution in [3.8, 4) is 0 Å². The fourth-order valence-electron chi connectivity index (χ4n) is 3.24. The highest BCUT2D eigenvalue weighted by Crippen LogP contribution is 2.19. The van der Waals surface area contributed by atoms with Gasteiger partial charge in [-0.1, -0.05) is 12.1 Å². The Morgan fingerprint density at radius 1 is 1.00 bits per heavy atom. The predicted molar refractivity (Wildman–Crippen MR) is 103 cm³/mol. The van der Waals surface area contributed by atoms with Crippen molar-refractivity contribution in [1.82, 2.24) is 25.1 Å². The summed E-state index contributed by atoms with van der Waals surface area (Å²) < 4.78 is 0. The first kappa shape index (κ1) is 16.7. The van der Waals surface area contributed by atoms with Gasteiger partial charge in [0.25, 0.3) is 0 Å². The zero-order valence-corrected chi connectivity index (χ0v) is 15.2. The Hall–Kier alpha value is -2.80. The van der Waals surface area contributed by atoms with E-state index >= 15 is 0 Å². The van der Waals surface area contributed by atoms with Gasteiger partial charge in [-0.3, -0.25) is 4.90 Å². The molecule has 1 saturated heterocycles. The lowest BCUT2D eigenvalue weighted by molar-refractivity contribution is 0.243. The van der Waals surface area contributed by atoms with E-state index in [-0.39, 0.29) is 0 Å². The summed E-state index contributed by atoms with van der Waals surface area (Å²) in [6, 6.07) is 9.98. The Morgan fingerprint density at radius 2 is 1.77 bits per heavy atom. The molecule has 3 heterocycles. The molecule has 0 saturated carbocycles. The molecule has 0 atom stereocenters. The third-order valence-electron chi connectivity index (χ3n) is 4.96. The van der Waals surface area contributed by atoms with Gasteiger partial charge in [-0.2, -0.15) is 5.10 Å². The molecule has 134 valence electrons. The molecule has 0 aliphatic carbocycles. The van der Waals surface area contributed by atoms with E-state index in [0.29, 0.717) is 12.4 Å². The number of rotatable bonds is 3. The summed E-state index contributed by atoms with van der Waals surface area (Å²) in [5.74, 6) is 2.29. The monoisotopic (exact) mass is 349 g/mol. The number of aryl methyl sites for hydroxylation is 2. The average molecular weight is 349 g/mol. The van der Waals surface area contributed by atoms with Crippen molar-refractivity contribution in [1.29, 1.82) is 0 Å². The molecule has 7 heteroatoms. The maximum Gasteiger partial charge on any atom is 0.151 e. The Balaban J connectivity index is 1.43. The van der Waals surface area contributed by atoms with Gasteiger partial charge in [0.2, 0.25) is 0 Å². The van der Waals surface area contributed by atoms with Crippen molar-refractivity contribution in [3.05, 3.63) is 47.4 Å². The lowest BCUT2D eigenvalue weighted by Crippen LogP contribution is -2.46. The number of nitrogen functional groups attached to an aromatic ring is 1. The number of para-hydroxylation sites is 1. The summed E-state index contributed by atoms with van der Waals surface area (Å²) in [7, 11) is 0. The minimum absolute atomic E-state index is 0.551. The molecule has 1 aliphatic heterocycles. The Labute approximate surface area is 152 Å². The van der Waals surface area contributed by atoms with Crippen LogP contribution < -0.4 is 10.6 Å². The topological polar surface area (TPSA) is 84.1 Å². The minimum atomic E-state index is 0.551. The van der Waals surface area contributed by atoms with Gasteiger partial charge in [-0.25, -0.2) is 9.97 Å². The Morgan fingerprint density at radius 3 is 2.54 bits per heavy atom. The summed E-state index contributed by atoms with van der Waals surface area (Å²) in [4.78, 5) is 13.8. The smallest absolute Gasteiger partial charge is 0.151 e. The molecule has 4 rings (SSSR count). The number of piperazine rings is 1. The van der Waals surface area contributed by atoms with E-state index in [2.05, 4.69) is 43.0 Å². The largest absolute Gasteiger partial charge is 0.383 e. The molecular formula is C19H23N7. The van der Waals surface area contributed by atoms with E-state index in [1.165, 1.54) is 5.56 Å². The number of hydrogen-bond donors (Lipinski definition) is 1. The quantitative estimate of drug-likeness (QED) is 0.773. The van der Waals surface area contributed by atoms with E-state index in [0.717, 1.165) is 54.4 Å². The molecule has 1 aliphatic rings. The van der Waals surface area contributed by atoms with Crippen LogP contribution in [-0.2, 0) is 6.54 Å². The lowest BCUT2D eigenvalue weighted by atomic mass is 10.2. The van der Waals surface area contributed by atoms with Crippen LogP contribution in [0.2, 0.25) is 0 Å². The summed E-state index contributed by atoms with van der Waals surface area (Å²) in [6.07, 6.45) is 0. The fraction of sp³-hybridized carbons (Fsp3) is 0.368. The number of hydrogen-bond acceptors (Lipinski definition) is 7. The van der Waals surface area contributed by atoms with Crippen molar-refractivity contribution in [2.24, 2.45) is 0 Å². The number of nitrogens with two attached hydrogens (primary N) is 1. The molecule has 0 spiro atoms. The third-order valence-corrected chi connectivity index (χ3v) is 4.96. The second-order valence-electron chi connectivity index (χ2n) is 6.78. The third kappa shape index (κ3) is 3.30. The molecule has 0 unspecified atom stereocenters. The molecule has 2 aromatic heterocycles. The Bertz CT molecular complexity index is 932. The van der Waals surface area contributed by atoms with Crippen molar-refractivity contribution in [2.45, 2.75) is 20.4 Å². The van der Waals surface area contributed by atoms with Crippen LogP contribution in [0.1, 0.15) is 17.1 Å². The number of anilines is 2. The molecule has 0 bridgehead atoms. The van der Waals surface area contributed by atoms with E-state index < -0.39 is 0 Å². The van der Waals surface area contributed by atoms with Crippen molar-refractivity contribution in [2.75, 3.05) is 36.8 Å². The summed E-state index contributed by atoms with van der Waals surface area (Å²) >= 11 is 0. The molecule has 7 nitrogen and oxygen atoms in total. The van der Waals surface area contributed by atoms with Crippen LogP contribution in [0, 0.1) is 13.8 Å². The fourth-order valence-corrected chi connectivity index (χ4v) is 3.24. The van der Waals surface area contributed by atoms with Crippen LogP contribution in [-0.4, -0.2) is 51.2 Å².